The molecule has 4 rings (SSSR count). The first-order chi connectivity index (χ1) is 13.7. The van der Waals surface area contributed by atoms with Gasteiger partial charge in [0.05, 0.1) is 0 Å². The van der Waals surface area contributed by atoms with Gasteiger partial charge in [0, 0.05) is 30.6 Å². The molecule has 0 bridgehead atoms. The van der Waals surface area contributed by atoms with E-state index in [9.17, 15) is 4.79 Å². The van der Waals surface area contributed by atoms with Crippen LogP contribution in [0.2, 0.25) is 0 Å². The van der Waals surface area contributed by atoms with E-state index >= 15 is 0 Å². The van der Waals surface area contributed by atoms with Crippen LogP contribution in [0.25, 0.3) is 5.82 Å². The second kappa shape index (κ2) is 8.21. The zero-order valence-corrected chi connectivity index (χ0v) is 15.8. The summed E-state index contributed by atoms with van der Waals surface area (Å²) in [4.78, 5) is 24.8. The fourth-order valence-corrected chi connectivity index (χ4v) is 3.55. The number of amides is 1. The van der Waals surface area contributed by atoms with Crippen LogP contribution < -0.4 is 10.1 Å². The number of hydrogen-bond donors (Lipinski definition) is 1. The second-order valence-electron chi connectivity index (χ2n) is 7.09. The number of carbonyl (C=O) groups excluding carboxylic acids is 1. The zero-order valence-electron chi connectivity index (χ0n) is 15.8. The molecule has 3 aromatic rings. The van der Waals surface area contributed by atoms with E-state index in [1.54, 1.807) is 12.3 Å². The number of benzene rings is 1. The number of aromatic nitrogens is 4. The summed E-state index contributed by atoms with van der Waals surface area (Å²) in [6, 6.07) is 9.06. The summed E-state index contributed by atoms with van der Waals surface area (Å²) < 4.78 is 7.69. The Kier molecular flexibility index (Phi) is 5.32. The van der Waals surface area contributed by atoms with Gasteiger partial charge in [-0.3, -0.25) is 9.36 Å². The summed E-state index contributed by atoms with van der Waals surface area (Å²) in [5.74, 6) is 3.22. The van der Waals surface area contributed by atoms with E-state index in [-0.39, 0.29) is 5.91 Å². The molecule has 1 fully saturated rings. The van der Waals surface area contributed by atoms with Crippen LogP contribution in [-0.2, 0) is 4.79 Å². The van der Waals surface area contributed by atoms with Gasteiger partial charge in [0.25, 0.3) is 0 Å². The molecule has 2 heterocycles. The lowest BCUT2D eigenvalue weighted by atomic mass is 10.0. The van der Waals surface area contributed by atoms with Crippen LogP contribution >= 0.6 is 0 Å². The topological polar surface area (TPSA) is 81.9 Å². The second-order valence-corrected chi connectivity index (χ2v) is 7.09. The van der Waals surface area contributed by atoms with Crippen molar-refractivity contribution in [3.8, 4) is 17.4 Å². The highest BCUT2D eigenvalue weighted by molar-refractivity contribution is 5.90. The lowest BCUT2D eigenvalue weighted by Gasteiger charge is -2.11. The Bertz CT molecular complexity index is 945. The van der Waals surface area contributed by atoms with E-state index in [4.69, 9.17) is 4.74 Å². The lowest BCUT2D eigenvalue weighted by Crippen LogP contribution is -2.14. The van der Waals surface area contributed by atoms with E-state index in [1.807, 2.05) is 42.0 Å². The van der Waals surface area contributed by atoms with Gasteiger partial charge in [-0.1, -0.05) is 12.8 Å². The SMILES string of the molecule is Cc1nccn1-c1cc(Oc2ccc(NC(=O)CC3CCCC3)cc2)ncn1. The van der Waals surface area contributed by atoms with Crippen molar-refractivity contribution in [2.24, 2.45) is 5.92 Å². The van der Waals surface area contributed by atoms with Gasteiger partial charge in [0.15, 0.2) is 0 Å². The molecular weight excluding hydrogens is 354 g/mol. The molecule has 1 N–H and O–H groups in total. The summed E-state index contributed by atoms with van der Waals surface area (Å²) in [5, 5.41) is 2.96. The van der Waals surface area contributed by atoms with Crippen LogP contribution in [0.3, 0.4) is 0 Å². The molecule has 1 saturated carbocycles. The molecule has 0 spiro atoms. The molecule has 0 unspecified atom stereocenters. The van der Waals surface area contributed by atoms with Gasteiger partial charge in [-0.05, 0) is 49.9 Å². The number of ether oxygens (including phenoxy) is 1. The van der Waals surface area contributed by atoms with Crippen LogP contribution in [0.5, 0.6) is 11.6 Å². The van der Waals surface area contributed by atoms with E-state index in [2.05, 4.69) is 20.3 Å². The molecule has 1 aromatic carbocycles. The minimum absolute atomic E-state index is 0.0803. The number of anilines is 1. The van der Waals surface area contributed by atoms with Crippen LogP contribution in [0.1, 0.15) is 37.9 Å². The van der Waals surface area contributed by atoms with Crippen molar-refractivity contribution in [3.05, 3.63) is 54.9 Å². The molecular formula is C21H23N5O2. The number of rotatable bonds is 6. The van der Waals surface area contributed by atoms with Gasteiger partial charge in [-0.2, -0.15) is 0 Å². The number of nitrogens with zero attached hydrogens (tertiary/aromatic N) is 4. The van der Waals surface area contributed by atoms with Crippen LogP contribution in [0, 0.1) is 12.8 Å². The van der Waals surface area contributed by atoms with Crippen molar-refractivity contribution in [3.63, 3.8) is 0 Å². The van der Waals surface area contributed by atoms with E-state index in [0.717, 1.165) is 11.5 Å². The molecule has 1 aliphatic carbocycles. The van der Waals surface area contributed by atoms with Crippen molar-refractivity contribution in [2.45, 2.75) is 39.0 Å². The Hall–Kier alpha value is -3.22. The first-order valence-electron chi connectivity index (χ1n) is 9.57. The molecule has 144 valence electrons. The van der Waals surface area contributed by atoms with Crippen molar-refractivity contribution in [1.82, 2.24) is 19.5 Å². The maximum Gasteiger partial charge on any atom is 0.224 e. The molecule has 2 aromatic heterocycles. The van der Waals surface area contributed by atoms with Gasteiger partial charge < -0.3 is 10.1 Å². The Morgan fingerprint density at radius 1 is 1.18 bits per heavy atom. The van der Waals surface area contributed by atoms with Gasteiger partial charge in [0.1, 0.15) is 23.7 Å². The van der Waals surface area contributed by atoms with E-state index in [1.165, 1.54) is 32.0 Å². The predicted octanol–water partition coefficient (Wildman–Crippen LogP) is 4.28. The Balaban J connectivity index is 1.38. The van der Waals surface area contributed by atoms with Crippen LogP contribution in [0.15, 0.2) is 49.1 Å². The highest BCUT2D eigenvalue weighted by Crippen LogP contribution is 2.28. The molecule has 1 amide bonds. The highest BCUT2D eigenvalue weighted by Gasteiger charge is 2.18. The Labute approximate surface area is 163 Å². The first kappa shape index (κ1) is 18.2. The van der Waals surface area contributed by atoms with Crippen molar-refractivity contribution in [1.29, 1.82) is 0 Å². The monoisotopic (exact) mass is 377 g/mol. The summed E-state index contributed by atoms with van der Waals surface area (Å²) >= 11 is 0. The third kappa shape index (κ3) is 4.36. The molecule has 0 saturated heterocycles. The Morgan fingerprint density at radius 3 is 2.68 bits per heavy atom. The largest absolute Gasteiger partial charge is 0.439 e. The van der Waals surface area contributed by atoms with Crippen molar-refractivity contribution >= 4 is 11.6 Å². The number of nitrogens with one attached hydrogen (secondary N) is 1. The highest BCUT2D eigenvalue weighted by atomic mass is 16.5. The average molecular weight is 377 g/mol. The molecule has 7 nitrogen and oxygen atoms in total. The minimum atomic E-state index is 0.0803. The van der Waals surface area contributed by atoms with Gasteiger partial charge in [0.2, 0.25) is 11.8 Å². The summed E-state index contributed by atoms with van der Waals surface area (Å²) in [5.41, 5.74) is 0.771. The number of imidazole rings is 1. The zero-order chi connectivity index (χ0) is 19.3. The van der Waals surface area contributed by atoms with Gasteiger partial charge >= 0.3 is 0 Å². The third-order valence-electron chi connectivity index (χ3n) is 5.01. The van der Waals surface area contributed by atoms with E-state index < -0.39 is 0 Å². The molecule has 0 aliphatic heterocycles. The quantitative estimate of drug-likeness (QED) is 0.693. The molecule has 0 atom stereocenters. The van der Waals surface area contributed by atoms with Gasteiger partial charge in [-0.25, -0.2) is 15.0 Å². The van der Waals surface area contributed by atoms with Crippen molar-refractivity contribution in [2.75, 3.05) is 5.32 Å². The fraction of sp³-hybridized carbons (Fsp3) is 0.333. The summed E-state index contributed by atoms with van der Waals surface area (Å²) in [7, 11) is 0. The normalized spacial score (nSPS) is 14.2. The van der Waals surface area contributed by atoms with Crippen molar-refractivity contribution < 1.29 is 9.53 Å². The maximum atomic E-state index is 12.2. The third-order valence-corrected chi connectivity index (χ3v) is 5.01. The smallest absolute Gasteiger partial charge is 0.224 e. The number of aryl methyl sites for hydroxylation is 1. The fourth-order valence-electron chi connectivity index (χ4n) is 3.55. The number of carbonyl (C=O) groups is 1. The maximum absolute atomic E-state index is 12.2. The summed E-state index contributed by atoms with van der Waals surface area (Å²) in [6.07, 6.45) is 10.4. The molecule has 28 heavy (non-hydrogen) atoms. The summed E-state index contributed by atoms with van der Waals surface area (Å²) in [6.45, 7) is 1.91. The molecule has 7 heteroatoms. The van der Waals surface area contributed by atoms with Gasteiger partial charge in [-0.15, -0.1) is 0 Å². The molecule has 0 radical (unpaired) electrons. The average Bonchev–Trinajstić information content (AvgIpc) is 3.35. The van der Waals surface area contributed by atoms with Crippen LogP contribution in [0.4, 0.5) is 5.69 Å². The minimum Gasteiger partial charge on any atom is -0.439 e. The number of hydrogen-bond acceptors (Lipinski definition) is 5. The first-order valence-corrected chi connectivity index (χ1v) is 9.57. The lowest BCUT2D eigenvalue weighted by molar-refractivity contribution is -0.117. The Morgan fingerprint density at radius 2 is 1.96 bits per heavy atom. The standard InChI is InChI=1S/C21H23N5O2/c1-15-22-10-11-26(15)19-13-21(24-14-23-19)28-18-8-6-17(7-9-18)25-20(27)12-16-4-2-3-5-16/h6-11,13-14,16H,2-5,12H2,1H3,(H,25,27). The van der Waals surface area contributed by atoms with E-state index in [0.29, 0.717) is 29.8 Å². The molecule has 1 aliphatic rings. The predicted molar refractivity (Wildman–Crippen MR) is 106 cm³/mol. The van der Waals surface area contributed by atoms with Crippen LogP contribution in [-0.4, -0.2) is 25.4 Å².